The molecule has 4 rings (SSSR count). The van der Waals surface area contributed by atoms with Crippen molar-refractivity contribution in [3.63, 3.8) is 0 Å². The van der Waals surface area contributed by atoms with Crippen molar-refractivity contribution in [3.8, 4) is 11.4 Å². The molecule has 1 unspecified atom stereocenters. The van der Waals surface area contributed by atoms with E-state index in [2.05, 4.69) is 20.9 Å². The summed E-state index contributed by atoms with van der Waals surface area (Å²) >= 11 is 6.00. The fraction of sp³-hybridized carbons (Fsp3) is 0.577. The summed E-state index contributed by atoms with van der Waals surface area (Å²) < 4.78 is 17.0. The molecule has 3 N–H and O–H groups in total. The second kappa shape index (κ2) is 10.9. The van der Waals surface area contributed by atoms with Crippen LogP contribution >= 0.6 is 11.6 Å². The maximum absolute atomic E-state index is 15.0. The van der Waals surface area contributed by atoms with E-state index in [1.807, 2.05) is 25.3 Å². The van der Waals surface area contributed by atoms with Gasteiger partial charge in [0.05, 0.1) is 11.3 Å². The lowest BCUT2D eigenvalue weighted by molar-refractivity contribution is -0.124. The van der Waals surface area contributed by atoms with E-state index in [1.54, 1.807) is 19.2 Å². The monoisotopic (exact) mass is 518 g/mol. The van der Waals surface area contributed by atoms with Crippen molar-refractivity contribution in [1.29, 1.82) is 0 Å². The van der Waals surface area contributed by atoms with Gasteiger partial charge in [-0.2, -0.15) is 0 Å². The predicted octanol–water partition coefficient (Wildman–Crippen LogP) is 3.19. The molecule has 2 aliphatic heterocycles. The Balaban J connectivity index is 1.77. The average molecular weight is 519 g/mol. The Kier molecular flexibility index (Phi) is 8.02. The van der Waals surface area contributed by atoms with Crippen molar-refractivity contribution in [2.24, 2.45) is 5.41 Å². The van der Waals surface area contributed by atoms with Crippen LogP contribution in [0.5, 0.6) is 0 Å². The highest BCUT2D eigenvalue weighted by Crippen LogP contribution is 2.31. The van der Waals surface area contributed by atoms with Gasteiger partial charge in [0.2, 0.25) is 5.91 Å². The third kappa shape index (κ3) is 5.58. The van der Waals surface area contributed by atoms with Gasteiger partial charge in [-0.1, -0.05) is 32.4 Å². The van der Waals surface area contributed by atoms with Gasteiger partial charge in [-0.05, 0) is 56.0 Å². The molecule has 1 saturated heterocycles. The number of imidazole rings is 1. The molecule has 0 spiro atoms. The molecule has 0 radical (unpaired) electrons. The Bertz CT molecular complexity index is 1120. The topological polar surface area (TPSA) is 91.3 Å². The van der Waals surface area contributed by atoms with Gasteiger partial charge in [-0.25, -0.2) is 9.37 Å². The lowest BCUT2D eigenvalue weighted by Crippen LogP contribution is -2.53. The molecule has 1 aromatic heterocycles. The van der Waals surface area contributed by atoms with Gasteiger partial charge in [-0.15, -0.1) is 0 Å². The van der Waals surface area contributed by atoms with Gasteiger partial charge in [-0.3, -0.25) is 14.5 Å². The van der Waals surface area contributed by atoms with Gasteiger partial charge in [0, 0.05) is 37.7 Å². The van der Waals surface area contributed by atoms with Crippen LogP contribution in [-0.2, 0) is 17.9 Å². The van der Waals surface area contributed by atoms with E-state index >= 15 is 0 Å². The number of fused-ring (bicyclic) bond motifs is 1. The summed E-state index contributed by atoms with van der Waals surface area (Å²) in [4.78, 5) is 33.4. The number of carbonyl (C=O) groups is 2. The highest BCUT2D eigenvalue weighted by atomic mass is 35.5. The summed E-state index contributed by atoms with van der Waals surface area (Å²) in [5, 5.41) is 9.25. The van der Waals surface area contributed by atoms with Crippen LogP contribution in [0.15, 0.2) is 18.2 Å². The first-order valence-corrected chi connectivity index (χ1v) is 13.0. The van der Waals surface area contributed by atoms with Crippen molar-refractivity contribution < 1.29 is 14.0 Å². The third-order valence-corrected chi connectivity index (χ3v) is 7.35. The van der Waals surface area contributed by atoms with E-state index in [4.69, 9.17) is 16.6 Å². The highest BCUT2D eigenvalue weighted by Gasteiger charge is 2.36. The molecule has 8 nitrogen and oxygen atoms in total. The van der Waals surface area contributed by atoms with Crippen molar-refractivity contribution in [3.05, 3.63) is 40.4 Å². The number of aromatic nitrogens is 2. The number of hydrogen-bond donors (Lipinski definition) is 3. The molecule has 196 valence electrons. The minimum absolute atomic E-state index is 0.235. The van der Waals surface area contributed by atoms with Crippen molar-refractivity contribution in [2.45, 2.75) is 65.2 Å². The molecule has 2 aromatic rings. The van der Waals surface area contributed by atoms with Crippen molar-refractivity contribution in [2.75, 3.05) is 26.7 Å². The summed E-state index contributed by atoms with van der Waals surface area (Å²) in [6, 6.07) is 4.15. The normalized spacial score (nSPS) is 18.3. The first-order valence-electron chi connectivity index (χ1n) is 12.6. The molecule has 1 atom stereocenters. The SMILES string of the molecule is CNC(=O)C(NC(=O)c1nc(-c2ccc(Cl)cc2F)n2c1CN(C1CCNCC1)CCC2)C(C)(C)C. The number of piperidine rings is 1. The molecular weight excluding hydrogens is 483 g/mol. The number of hydrogen-bond acceptors (Lipinski definition) is 5. The number of carbonyl (C=O) groups excluding carboxylic acids is 2. The van der Waals surface area contributed by atoms with Crippen molar-refractivity contribution in [1.82, 2.24) is 30.4 Å². The molecule has 2 aliphatic rings. The number of rotatable bonds is 5. The standard InChI is InChI=1S/C26H36ClFN6O2/c1-26(2,3)22(25(36)29-4)32-24(35)21-20-15-33(17-8-10-30-11-9-17)12-5-13-34(20)23(31-21)18-7-6-16(27)14-19(18)28/h6-7,14,17,22,30H,5,8-13,15H2,1-4H3,(H,29,36)(H,32,35). The quantitative estimate of drug-likeness (QED) is 0.565. The van der Waals surface area contributed by atoms with Crippen LogP contribution in [0.4, 0.5) is 4.39 Å². The number of likely N-dealkylation sites (N-methyl/N-ethyl adjacent to an activating group) is 1. The summed E-state index contributed by atoms with van der Waals surface area (Å²) in [5.74, 6) is -0.792. The van der Waals surface area contributed by atoms with Gasteiger partial charge in [0.1, 0.15) is 17.7 Å². The van der Waals surface area contributed by atoms with Crippen LogP contribution in [0.2, 0.25) is 5.02 Å². The van der Waals surface area contributed by atoms with Gasteiger partial charge in [0.25, 0.3) is 5.91 Å². The maximum atomic E-state index is 15.0. The number of nitrogens with zero attached hydrogens (tertiary/aromatic N) is 3. The fourth-order valence-electron chi connectivity index (χ4n) is 5.15. The van der Waals surface area contributed by atoms with E-state index in [-0.39, 0.29) is 11.6 Å². The minimum Gasteiger partial charge on any atom is -0.357 e. The van der Waals surface area contributed by atoms with E-state index < -0.39 is 23.2 Å². The number of halogens is 2. The fourth-order valence-corrected chi connectivity index (χ4v) is 5.31. The molecule has 2 amide bonds. The molecule has 36 heavy (non-hydrogen) atoms. The third-order valence-electron chi connectivity index (χ3n) is 7.11. The maximum Gasteiger partial charge on any atom is 0.272 e. The summed E-state index contributed by atoms with van der Waals surface area (Å²) in [6.07, 6.45) is 2.94. The summed E-state index contributed by atoms with van der Waals surface area (Å²) in [7, 11) is 1.55. The van der Waals surface area contributed by atoms with Crippen LogP contribution in [0.1, 0.15) is 56.2 Å². The van der Waals surface area contributed by atoms with Crippen LogP contribution in [0.3, 0.4) is 0 Å². The zero-order valence-electron chi connectivity index (χ0n) is 21.5. The zero-order chi connectivity index (χ0) is 26.0. The Hall–Kier alpha value is -2.49. The Morgan fingerprint density at radius 2 is 1.94 bits per heavy atom. The molecule has 10 heteroatoms. The van der Waals surface area contributed by atoms with E-state index in [0.717, 1.165) is 44.6 Å². The second-order valence-electron chi connectivity index (χ2n) is 10.7. The molecule has 0 aliphatic carbocycles. The van der Waals surface area contributed by atoms with Crippen LogP contribution < -0.4 is 16.0 Å². The van der Waals surface area contributed by atoms with Crippen LogP contribution in [0, 0.1) is 11.2 Å². The van der Waals surface area contributed by atoms with E-state index in [0.29, 0.717) is 35.5 Å². The zero-order valence-corrected chi connectivity index (χ0v) is 22.2. The lowest BCUT2D eigenvalue weighted by atomic mass is 9.86. The molecule has 3 heterocycles. The molecule has 1 aromatic carbocycles. The largest absolute Gasteiger partial charge is 0.357 e. The lowest BCUT2D eigenvalue weighted by Gasteiger charge is -2.33. The van der Waals surface area contributed by atoms with Gasteiger partial charge < -0.3 is 20.5 Å². The van der Waals surface area contributed by atoms with Gasteiger partial charge >= 0.3 is 0 Å². The van der Waals surface area contributed by atoms with Gasteiger partial charge in [0.15, 0.2) is 5.69 Å². The summed E-state index contributed by atoms with van der Waals surface area (Å²) in [6.45, 7) is 9.67. The number of benzene rings is 1. The minimum atomic E-state index is -0.755. The first kappa shape index (κ1) is 26.6. The molecular formula is C26H36ClFN6O2. The van der Waals surface area contributed by atoms with Crippen molar-refractivity contribution >= 4 is 23.4 Å². The number of amides is 2. The first-order chi connectivity index (χ1) is 17.1. The highest BCUT2D eigenvalue weighted by molar-refractivity contribution is 6.30. The number of nitrogens with one attached hydrogen (secondary N) is 3. The van der Waals surface area contributed by atoms with E-state index in [1.165, 1.54) is 6.07 Å². The molecule has 0 saturated carbocycles. The Morgan fingerprint density at radius 3 is 2.58 bits per heavy atom. The molecule has 0 bridgehead atoms. The van der Waals surface area contributed by atoms with Crippen LogP contribution in [0.25, 0.3) is 11.4 Å². The smallest absolute Gasteiger partial charge is 0.272 e. The Morgan fingerprint density at radius 1 is 1.22 bits per heavy atom. The van der Waals surface area contributed by atoms with E-state index in [9.17, 15) is 14.0 Å². The summed E-state index contributed by atoms with van der Waals surface area (Å²) in [5.41, 5.74) is 0.767. The molecule has 1 fully saturated rings. The average Bonchev–Trinajstić information content (AvgIpc) is 3.04. The predicted molar refractivity (Wildman–Crippen MR) is 138 cm³/mol. The Labute approximate surface area is 217 Å². The van der Waals surface area contributed by atoms with Crippen LogP contribution in [-0.4, -0.2) is 65.0 Å². The second-order valence-corrected chi connectivity index (χ2v) is 11.1.